The van der Waals surface area contributed by atoms with Gasteiger partial charge < -0.3 is 15.7 Å². The van der Waals surface area contributed by atoms with Crippen molar-refractivity contribution in [2.24, 2.45) is 52.3 Å². The number of fused-ring (bicyclic) bond motifs is 9. The lowest BCUT2D eigenvalue weighted by atomic mass is 9.44. The Labute approximate surface area is 299 Å². The number of aromatic hydroxyl groups is 1. The monoisotopic (exact) mass is 684 g/mol. The Morgan fingerprint density at radius 2 is 1.69 bits per heavy atom. The minimum atomic E-state index is 0.369. The molecule has 3 N–H and O–H groups in total. The molecule has 0 amide bonds. The molecule has 1 heterocycles. The van der Waals surface area contributed by atoms with Crippen LogP contribution in [0.3, 0.4) is 0 Å². The molecule has 11 atom stereocenters. The van der Waals surface area contributed by atoms with E-state index >= 15 is 0 Å². The van der Waals surface area contributed by atoms with E-state index in [0.717, 1.165) is 66.7 Å². The van der Waals surface area contributed by atoms with E-state index in [1.165, 1.54) is 92.2 Å². The van der Waals surface area contributed by atoms with E-state index in [4.69, 9.17) is 0 Å². The molecule has 0 aromatic heterocycles. The zero-order valence-electron chi connectivity index (χ0n) is 29.8. The minimum absolute atomic E-state index is 0.369. The highest BCUT2D eigenvalue weighted by molar-refractivity contribution is 8.76. The van der Waals surface area contributed by atoms with Gasteiger partial charge in [-0.1, -0.05) is 71.0 Å². The Kier molecular flexibility index (Phi) is 9.81. The molecule has 1 aliphatic heterocycles. The fourth-order valence-corrected chi connectivity index (χ4v) is 15.3. The standard InChI is InChI=1S/C43H60N2OS2/c1-28-7-6-12-43(20-28)27-42(21-34-10-11-41(44-3)39(34)23-42)22-38-36-15-31-13-30(17-37(46)18-31)14-33-8-4-5-9-35(33)24-45-29(2)25-47-48-26-32(16-36)19-40(38)43/h4-6,8-9,12-13,17-18,28-29,32,34,36,38-41,44-46H,7,10-11,14-16,19-27H2,1-3H3/t28-,29+,32-,34+,36+,38-,39-,40+,41+,42-,43-/m0/s1. The van der Waals surface area contributed by atoms with Crippen molar-refractivity contribution in [1.29, 1.82) is 0 Å². The highest BCUT2D eigenvalue weighted by Gasteiger charge is 2.61. The first-order chi connectivity index (χ1) is 23.3. The Balaban J connectivity index is 1.15. The smallest absolute Gasteiger partial charge is 0.116 e. The Morgan fingerprint density at radius 1 is 0.875 bits per heavy atom. The average Bonchev–Trinajstić information content (AvgIpc) is 3.59. The third kappa shape index (κ3) is 6.81. The first-order valence-corrected chi connectivity index (χ1v) is 22.0. The summed E-state index contributed by atoms with van der Waals surface area (Å²) in [5.74, 6) is 8.53. The van der Waals surface area contributed by atoms with Crippen LogP contribution in [0.25, 0.3) is 0 Å². The lowest BCUT2D eigenvalue weighted by Crippen LogP contribution is -2.52. The predicted octanol–water partition coefficient (Wildman–Crippen LogP) is 9.82. The van der Waals surface area contributed by atoms with Crippen LogP contribution < -0.4 is 10.6 Å². The molecular formula is C43H60N2OS2. The molecule has 0 radical (unpaired) electrons. The lowest BCUT2D eigenvalue weighted by molar-refractivity contribution is -0.0836. The fourth-order valence-electron chi connectivity index (χ4n) is 12.6. The molecule has 4 fully saturated rings. The maximum Gasteiger partial charge on any atom is 0.116 e. The van der Waals surface area contributed by atoms with E-state index in [2.05, 4.69) is 102 Å². The molecule has 2 aromatic carbocycles. The second kappa shape index (κ2) is 14.0. The maximum atomic E-state index is 11.1. The molecule has 3 nitrogen and oxygen atoms in total. The highest BCUT2D eigenvalue weighted by atomic mass is 33.1. The van der Waals surface area contributed by atoms with Crippen molar-refractivity contribution in [3.8, 4) is 5.75 Å². The Hall–Kier alpha value is -1.40. The van der Waals surface area contributed by atoms with Gasteiger partial charge in [-0.2, -0.15) is 0 Å². The van der Waals surface area contributed by atoms with Crippen LogP contribution in [-0.2, 0) is 19.4 Å². The molecule has 4 saturated carbocycles. The molecule has 6 aliphatic rings. The zero-order chi connectivity index (χ0) is 32.9. The summed E-state index contributed by atoms with van der Waals surface area (Å²) in [6.45, 7) is 5.79. The number of allylic oxidation sites excluding steroid dienone is 2. The van der Waals surface area contributed by atoms with Crippen LogP contribution in [0.2, 0.25) is 0 Å². The molecule has 0 saturated heterocycles. The Bertz CT molecular complexity index is 1480. The van der Waals surface area contributed by atoms with Gasteiger partial charge in [-0.05, 0) is 178 Å². The molecule has 2 spiro atoms. The van der Waals surface area contributed by atoms with Crippen LogP contribution in [0.4, 0.5) is 0 Å². The van der Waals surface area contributed by atoms with Gasteiger partial charge in [0.2, 0.25) is 0 Å². The topological polar surface area (TPSA) is 44.3 Å². The molecule has 4 bridgehead atoms. The van der Waals surface area contributed by atoms with Gasteiger partial charge in [0.05, 0.1) is 0 Å². The summed E-state index contributed by atoms with van der Waals surface area (Å²) < 4.78 is 0. The third-order valence-corrected chi connectivity index (χ3v) is 17.0. The van der Waals surface area contributed by atoms with E-state index in [0.29, 0.717) is 28.5 Å². The number of rotatable bonds is 1. The third-order valence-electron chi connectivity index (χ3n) is 14.3. The summed E-state index contributed by atoms with van der Waals surface area (Å²) in [7, 11) is 6.47. The SMILES string of the molecule is CN[C@@H]1CC[C@@H]2C[C@]3(C[C@H]4[C@@H]5Cc6cc(O)cc(c6)Cc6ccccc6CN[C@H](C)CSSC[C@@H](C5)C[C@H]4[C@]4(C=CC[C@H](C)C4)C3)C[C@@H]21. The quantitative estimate of drug-likeness (QED) is 0.206. The van der Waals surface area contributed by atoms with Gasteiger partial charge >= 0.3 is 0 Å². The summed E-state index contributed by atoms with van der Waals surface area (Å²) in [6, 6.07) is 16.7. The maximum absolute atomic E-state index is 11.1. The molecule has 0 unspecified atom stereocenters. The normalized spacial score (nSPS) is 41.4. The van der Waals surface area contributed by atoms with E-state index in [-0.39, 0.29) is 0 Å². The molecule has 260 valence electrons. The fraction of sp³-hybridized carbons (Fsp3) is 0.674. The number of hydrogen-bond donors (Lipinski definition) is 3. The number of nitrogens with one attached hydrogen (secondary N) is 2. The molecular weight excluding hydrogens is 625 g/mol. The number of phenols is 1. The van der Waals surface area contributed by atoms with E-state index in [9.17, 15) is 5.11 Å². The van der Waals surface area contributed by atoms with Gasteiger partial charge in [0.15, 0.2) is 0 Å². The molecule has 2 aromatic rings. The number of phenolic OH excluding ortho intramolecular Hbond substituents is 1. The first kappa shape index (κ1) is 33.7. The van der Waals surface area contributed by atoms with Crippen LogP contribution in [-0.4, -0.2) is 35.7 Å². The van der Waals surface area contributed by atoms with Crippen LogP contribution in [0.1, 0.15) is 100 Å². The highest BCUT2D eigenvalue weighted by Crippen LogP contribution is 2.69. The van der Waals surface area contributed by atoms with Crippen molar-refractivity contribution in [3.63, 3.8) is 0 Å². The van der Waals surface area contributed by atoms with Crippen LogP contribution >= 0.6 is 21.6 Å². The lowest BCUT2D eigenvalue weighted by Gasteiger charge is -2.60. The van der Waals surface area contributed by atoms with Crippen molar-refractivity contribution >= 4 is 21.6 Å². The Morgan fingerprint density at radius 3 is 2.54 bits per heavy atom. The van der Waals surface area contributed by atoms with Crippen molar-refractivity contribution in [2.45, 2.75) is 110 Å². The van der Waals surface area contributed by atoms with Crippen molar-refractivity contribution in [3.05, 3.63) is 76.9 Å². The molecule has 5 aliphatic carbocycles. The molecule has 5 heteroatoms. The largest absolute Gasteiger partial charge is 0.508 e. The van der Waals surface area contributed by atoms with Gasteiger partial charge in [0.1, 0.15) is 5.75 Å². The van der Waals surface area contributed by atoms with Gasteiger partial charge in [-0.15, -0.1) is 0 Å². The summed E-state index contributed by atoms with van der Waals surface area (Å²) in [5.41, 5.74) is 6.25. The summed E-state index contributed by atoms with van der Waals surface area (Å²) in [6.07, 6.45) is 21.5. The molecule has 8 rings (SSSR count). The number of hydrogen-bond acceptors (Lipinski definition) is 5. The summed E-state index contributed by atoms with van der Waals surface area (Å²) >= 11 is 0. The van der Waals surface area contributed by atoms with Gasteiger partial charge in [0.25, 0.3) is 0 Å². The van der Waals surface area contributed by atoms with Crippen molar-refractivity contribution in [2.75, 3.05) is 18.6 Å². The van der Waals surface area contributed by atoms with Gasteiger partial charge in [0, 0.05) is 30.1 Å². The second-order valence-electron chi connectivity index (χ2n) is 17.7. The van der Waals surface area contributed by atoms with Crippen LogP contribution in [0.15, 0.2) is 54.6 Å². The van der Waals surface area contributed by atoms with Crippen molar-refractivity contribution < 1.29 is 5.11 Å². The van der Waals surface area contributed by atoms with Gasteiger partial charge in [-0.25, -0.2) is 0 Å². The summed E-state index contributed by atoms with van der Waals surface area (Å²) in [4.78, 5) is 0. The average molecular weight is 685 g/mol. The minimum Gasteiger partial charge on any atom is -0.508 e. The zero-order valence-corrected chi connectivity index (χ0v) is 31.4. The van der Waals surface area contributed by atoms with E-state index in [1.54, 1.807) is 0 Å². The summed E-state index contributed by atoms with van der Waals surface area (Å²) in [5, 5.41) is 18.7. The van der Waals surface area contributed by atoms with E-state index < -0.39 is 0 Å². The van der Waals surface area contributed by atoms with E-state index in [1.807, 2.05) is 6.07 Å². The first-order valence-electron chi connectivity index (χ1n) is 19.5. The van der Waals surface area contributed by atoms with Crippen LogP contribution in [0, 0.1) is 52.3 Å². The van der Waals surface area contributed by atoms with Gasteiger partial charge in [-0.3, -0.25) is 0 Å². The second-order valence-corrected chi connectivity index (χ2v) is 20.3. The number of benzene rings is 2. The van der Waals surface area contributed by atoms with Crippen LogP contribution in [0.5, 0.6) is 5.75 Å². The molecule has 48 heavy (non-hydrogen) atoms. The predicted molar refractivity (Wildman–Crippen MR) is 205 cm³/mol. The van der Waals surface area contributed by atoms with Crippen molar-refractivity contribution in [1.82, 2.24) is 10.6 Å².